The summed E-state index contributed by atoms with van der Waals surface area (Å²) in [6.07, 6.45) is -3.19. The summed E-state index contributed by atoms with van der Waals surface area (Å²) in [7, 11) is 0. The van der Waals surface area contributed by atoms with Crippen molar-refractivity contribution in [2.24, 2.45) is 0 Å². The first-order chi connectivity index (χ1) is 9.38. The molecule has 5 heteroatoms. The molecule has 0 aromatic heterocycles. The number of hydrogen-bond donors (Lipinski definition) is 0. The van der Waals surface area contributed by atoms with Gasteiger partial charge in [0.1, 0.15) is 0 Å². The summed E-state index contributed by atoms with van der Waals surface area (Å²) in [5, 5.41) is 11.9. The van der Waals surface area contributed by atoms with Crippen LogP contribution < -0.4 is 0 Å². The van der Waals surface area contributed by atoms with Crippen LogP contribution in [0, 0.1) is 12.1 Å². The molecule has 0 saturated heterocycles. The molecule has 2 aromatic rings. The third-order valence-electron chi connectivity index (χ3n) is 2.87. The monoisotopic (exact) mass is 279 g/mol. The van der Waals surface area contributed by atoms with Crippen molar-refractivity contribution in [1.29, 1.82) is 0 Å². The van der Waals surface area contributed by atoms with Crippen molar-refractivity contribution in [3.63, 3.8) is 0 Å². The van der Waals surface area contributed by atoms with Crippen LogP contribution >= 0.6 is 0 Å². The fraction of sp³-hybridized carbons (Fsp3) is 0.133. The van der Waals surface area contributed by atoms with E-state index in [9.17, 15) is 18.4 Å². The molecule has 0 radical (unpaired) electrons. The molecule has 2 nitrogen and oxygen atoms in total. The van der Waals surface area contributed by atoms with Crippen LogP contribution in [0.25, 0.3) is 0 Å². The van der Waals surface area contributed by atoms with Crippen LogP contribution in [0.2, 0.25) is 0 Å². The normalized spacial score (nSPS) is 12.5. The maximum atomic E-state index is 12.6. The number of hydrogen-bond acceptors (Lipinski definition) is 1. The van der Waals surface area contributed by atoms with Gasteiger partial charge < -0.3 is 5.21 Å². The minimum Gasteiger partial charge on any atom is -0.618 e. The molecule has 0 spiro atoms. The Morgan fingerprint density at radius 1 is 1.05 bits per heavy atom. The molecule has 0 aliphatic heterocycles. The van der Waals surface area contributed by atoms with Gasteiger partial charge in [0.05, 0.1) is 5.56 Å². The predicted octanol–water partition coefficient (Wildman–Crippen LogP) is 4.27. The van der Waals surface area contributed by atoms with E-state index in [2.05, 4.69) is 0 Å². The Hall–Kier alpha value is -2.30. The highest BCUT2D eigenvalue weighted by molar-refractivity contribution is 5.78. The van der Waals surface area contributed by atoms with Crippen LogP contribution in [-0.2, 0) is 6.18 Å². The molecule has 0 N–H and O–H groups in total. The first-order valence-electron chi connectivity index (χ1n) is 5.92. The van der Waals surface area contributed by atoms with Gasteiger partial charge in [-0.2, -0.15) is 17.9 Å². The van der Waals surface area contributed by atoms with Gasteiger partial charge in [0.25, 0.3) is 0 Å². The Balaban J connectivity index is 2.39. The smallest absolute Gasteiger partial charge is 0.416 e. The number of rotatable bonds is 2. The van der Waals surface area contributed by atoms with Gasteiger partial charge in [-0.3, -0.25) is 0 Å². The molecule has 0 aliphatic rings. The molecule has 0 unspecified atom stereocenters. The van der Waals surface area contributed by atoms with Crippen molar-refractivity contribution >= 4 is 11.9 Å². The largest absolute Gasteiger partial charge is 0.618 e. The van der Waals surface area contributed by atoms with E-state index in [1.807, 2.05) is 19.1 Å². The van der Waals surface area contributed by atoms with E-state index in [4.69, 9.17) is 0 Å². The SMILES string of the molecule is Cc1ccccc1C=[N+]([O-])c1cccc(C(F)(F)F)c1. The van der Waals surface area contributed by atoms with Gasteiger partial charge in [0.15, 0.2) is 6.21 Å². The maximum absolute atomic E-state index is 12.6. The van der Waals surface area contributed by atoms with Gasteiger partial charge in [0, 0.05) is 17.7 Å². The minimum absolute atomic E-state index is 0.0527. The number of alkyl halides is 3. The Morgan fingerprint density at radius 2 is 1.75 bits per heavy atom. The zero-order valence-electron chi connectivity index (χ0n) is 10.7. The molecule has 0 aliphatic carbocycles. The first kappa shape index (κ1) is 14.1. The van der Waals surface area contributed by atoms with Gasteiger partial charge in [-0.1, -0.05) is 24.3 Å². The van der Waals surface area contributed by atoms with Crippen molar-refractivity contribution < 1.29 is 17.9 Å². The van der Waals surface area contributed by atoms with Gasteiger partial charge in [-0.25, -0.2) is 0 Å². The molecular formula is C15H12F3NO. The summed E-state index contributed by atoms with van der Waals surface area (Å²) in [4.78, 5) is 0. The summed E-state index contributed by atoms with van der Waals surface area (Å²) >= 11 is 0. The van der Waals surface area contributed by atoms with Crippen molar-refractivity contribution in [2.45, 2.75) is 13.1 Å². The standard InChI is InChI=1S/C15H12F3NO/c1-11-5-2-3-6-12(11)10-19(20)14-8-4-7-13(9-14)15(16,17)18/h2-10H,1H3. The lowest BCUT2D eigenvalue weighted by atomic mass is 10.1. The Kier molecular flexibility index (Phi) is 3.79. The highest BCUT2D eigenvalue weighted by Crippen LogP contribution is 2.31. The molecule has 0 fully saturated rings. The van der Waals surface area contributed by atoms with E-state index in [1.54, 1.807) is 12.1 Å². The molecule has 2 aromatic carbocycles. The summed E-state index contributed by atoms with van der Waals surface area (Å²) in [6.45, 7) is 1.83. The quantitative estimate of drug-likeness (QED) is 0.349. The van der Waals surface area contributed by atoms with Crippen molar-refractivity contribution in [3.05, 3.63) is 70.4 Å². The third kappa shape index (κ3) is 3.17. The summed E-state index contributed by atoms with van der Waals surface area (Å²) in [6, 6.07) is 11.5. The predicted molar refractivity (Wildman–Crippen MR) is 71.1 cm³/mol. The van der Waals surface area contributed by atoms with E-state index < -0.39 is 11.7 Å². The average Bonchev–Trinajstić information content (AvgIpc) is 2.40. The van der Waals surface area contributed by atoms with Crippen LogP contribution in [0.5, 0.6) is 0 Å². The number of aryl methyl sites for hydroxylation is 1. The van der Waals surface area contributed by atoms with Gasteiger partial charge in [-0.15, -0.1) is 0 Å². The highest BCUT2D eigenvalue weighted by Gasteiger charge is 2.31. The second-order valence-corrected chi connectivity index (χ2v) is 4.36. The molecule has 104 valence electrons. The molecule has 0 atom stereocenters. The Bertz CT molecular complexity index is 648. The lowest BCUT2D eigenvalue weighted by molar-refractivity contribution is -0.354. The van der Waals surface area contributed by atoms with Crippen LogP contribution in [0.1, 0.15) is 16.7 Å². The van der Waals surface area contributed by atoms with E-state index in [0.29, 0.717) is 10.3 Å². The van der Waals surface area contributed by atoms with Crippen molar-refractivity contribution in [2.75, 3.05) is 0 Å². The maximum Gasteiger partial charge on any atom is 0.416 e. The number of benzene rings is 2. The van der Waals surface area contributed by atoms with Gasteiger partial charge in [0.2, 0.25) is 5.69 Å². The van der Waals surface area contributed by atoms with Crippen LogP contribution in [0.3, 0.4) is 0 Å². The van der Waals surface area contributed by atoms with E-state index in [0.717, 1.165) is 17.7 Å². The molecular weight excluding hydrogens is 267 g/mol. The highest BCUT2D eigenvalue weighted by atomic mass is 19.4. The van der Waals surface area contributed by atoms with Crippen LogP contribution in [0.15, 0.2) is 48.5 Å². The van der Waals surface area contributed by atoms with E-state index in [1.165, 1.54) is 18.3 Å². The van der Waals surface area contributed by atoms with Crippen molar-refractivity contribution in [1.82, 2.24) is 0 Å². The second-order valence-electron chi connectivity index (χ2n) is 4.36. The minimum atomic E-state index is -4.46. The fourth-order valence-corrected chi connectivity index (χ4v) is 1.75. The summed E-state index contributed by atoms with van der Waals surface area (Å²) < 4.78 is 38.2. The average molecular weight is 279 g/mol. The second kappa shape index (κ2) is 5.36. The Morgan fingerprint density at radius 3 is 2.40 bits per heavy atom. The number of halogens is 3. The van der Waals surface area contributed by atoms with Crippen LogP contribution in [-0.4, -0.2) is 11.0 Å². The topological polar surface area (TPSA) is 26.1 Å². The summed E-state index contributed by atoms with van der Waals surface area (Å²) in [5.74, 6) is 0. The van der Waals surface area contributed by atoms with Crippen LogP contribution in [0.4, 0.5) is 18.9 Å². The lowest BCUT2D eigenvalue weighted by Crippen LogP contribution is -2.06. The van der Waals surface area contributed by atoms with Gasteiger partial charge >= 0.3 is 6.18 Å². The third-order valence-corrected chi connectivity index (χ3v) is 2.87. The summed E-state index contributed by atoms with van der Waals surface area (Å²) in [5.41, 5.74) is 0.650. The molecule has 0 bridgehead atoms. The van der Waals surface area contributed by atoms with E-state index >= 15 is 0 Å². The molecule has 0 amide bonds. The molecule has 0 saturated carbocycles. The molecule has 0 heterocycles. The first-order valence-corrected chi connectivity index (χ1v) is 5.92. The fourth-order valence-electron chi connectivity index (χ4n) is 1.75. The lowest BCUT2D eigenvalue weighted by Gasteiger charge is -2.08. The molecule has 2 rings (SSSR count). The van der Waals surface area contributed by atoms with E-state index in [-0.39, 0.29) is 5.69 Å². The zero-order chi connectivity index (χ0) is 14.8. The Labute approximate surface area is 114 Å². The molecule has 20 heavy (non-hydrogen) atoms. The van der Waals surface area contributed by atoms with Crippen molar-refractivity contribution in [3.8, 4) is 0 Å². The van der Waals surface area contributed by atoms with Gasteiger partial charge in [-0.05, 0) is 24.6 Å². The number of nitrogens with zero attached hydrogens (tertiary/aromatic N) is 1. The zero-order valence-corrected chi connectivity index (χ0v) is 10.7.